The molecule has 0 bridgehead atoms. The van der Waals surface area contributed by atoms with Crippen LogP contribution in [0.3, 0.4) is 0 Å². The Hall–Kier alpha value is -2.78. The number of halogens is 2. The number of benzene rings is 8. The first kappa shape index (κ1) is 61.5. The van der Waals surface area contributed by atoms with Gasteiger partial charge in [-0.1, -0.05) is 121 Å². The Morgan fingerprint density at radius 2 is 0.443 bits per heavy atom. The second-order valence-corrected chi connectivity index (χ2v) is 30.1. The summed E-state index contributed by atoms with van der Waals surface area (Å²) in [5, 5.41) is 7.69. The van der Waals surface area contributed by atoms with Crippen LogP contribution >= 0.6 is 29.5 Å². The van der Waals surface area contributed by atoms with Gasteiger partial charge in [0.05, 0.1) is 0 Å². The van der Waals surface area contributed by atoms with Crippen LogP contribution in [0.1, 0.15) is 0 Å². The summed E-state index contributed by atoms with van der Waals surface area (Å²) < 4.78 is 76.6. The van der Waals surface area contributed by atoms with E-state index in [1.807, 2.05) is 0 Å². The molecule has 378 valence electrons. The average molecular weight is 1420 g/mol. The summed E-state index contributed by atoms with van der Waals surface area (Å²) in [6.45, 7) is 12.3. The van der Waals surface area contributed by atoms with Crippen LogP contribution in [0.2, 0.25) is 0 Å². The molecule has 0 aromatic heterocycles. The Morgan fingerprint density at radius 3 is 0.586 bits per heavy atom. The van der Waals surface area contributed by atoms with Crippen molar-refractivity contribution >= 4 is 71.9 Å². The van der Waals surface area contributed by atoms with E-state index in [4.69, 9.17) is 8.15 Å². The SMILES string of the molecule is CP(c1ccccc1)c1ccccc1.CP(c1ccccc1)c1ccccc1.[Au].[Au].[CH2-]P([CH2-])(O[Cl+3]([O-])([O-])[O-])(c1ccccc1)c1ccccc1.[CH2-]P([CH2-])(O[Cl+3]([O-])([O-])[O-])(c1ccccc1)c1ccccc1. The van der Waals surface area contributed by atoms with Crippen molar-refractivity contribution < 1.29 is 101 Å². The molecule has 8 nitrogen and oxygen atoms in total. The molecule has 0 aliphatic heterocycles. The first-order valence-electron chi connectivity index (χ1n) is 20.8. The minimum absolute atomic E-state index is 0. The van der Waals surface area contributed by atoms with Crippen molar-refractivity contribution in [2.24, 2.45) is 0 Å². The molecule has 8 aromatic carbocycles. The second kappa shape index (κ2) is 27.5. The molecule has 8 rings (SSSR count). The molecule has 0 heterocycles. The van der Waals surface area contributed by atoms with Crippen LogP contribution in [0.15, 0.2) is 243 Å². The van der Waals surface area contributed by atoms with E-state index in [-0.39, 0.29) is 60.6 Å². The van der Waals surface area contributed by atoms with Crippen LogP contribution in [0.5, 0.6) is 0 Å². The van der Waals surface area contributed by atoms with Gasteiger partial charge in [-0.3, -0.25) is 0 Å². The molecule has 0 unspecified atom stereocenters. The predicted molar refractivity (Wildman–Crippen MR) is 272 cm³/mol. The van der Waals surface area contributed by atoms with Crippen molar-refractivity contribution in [3.63, 3.8) is 0 Å². The minimum atomic E-state index is -4.66. The Balaban J connectivity index is 0.000000248. The summed E-state index contributed by atoms with van der Waals surface area (Å²) in [5.41, 5.74) is 0. The molecule has 2 radical (unpaired) electrons. The zero-order valence-electron chi connectivity index (χ0n) is 38.3. The Morgan fingerprint density at radius 1 is 0.300 bits per heavy atom. The van der Waals surface area contributed by atoms with Gasteiger partial charge < -0.3 is 0 Å². The zero-order valence-corrected chi connectivity index (χ0v) is 47.8. The number of rotatable bonds is 12. The first-order valence-corrected chi connectivity index (χ1v) is 31.9. The van der Waals surface area contributed by atoms with E-state index in [0.29, 0.717) is 21.2 Å². The van der Waals surface area contributed by atoms with E-state index in [1.54, 1.807) is 121 Å². The second-order valence-electron chi connectivity index (χ2n) is 15.5. The number of hydrogen-bond acceptors (Lipinski definition) is 8. The summed E-state index contributed by atoms with van der Waals surface area (Å²) in [4.78, 5) is 0. The average Bonchev–Trinajstić information content (AvgIpc) is 3.35. The maximum atomic E-state index is 11.1. The van der Waals surface area contributed by atoms with Crippen LogP contribution in [0, 0.1) is 47.1 Å². The van der Waals surface area contributed by atoms with Gasteiger partial charge in [-0.25, -0.2) is 0 Å². The van der Waals surface area contributed by atoms with Gasteiger partial charge >= 0.3 is 239 Å². The van der Waals surface area contributed by atoms with Gasteiger partial charge in [-0.2, -0.15) is 0 Å². The molecule has 0 atom stereocenters. The van der Waals surface area contributed by atoms with Crippen LogP contribution in [0.25, 0.3) is 0 Å². The first-order chi connectivity index (χ1) is 32.2. The van der Waals surface area contributed by atoms with E-state index in [0.717, 1.165) is 0 Å². The summed E-state index contributed by atoms with van der Waals surface area (Å²) >= 11 is 0. The third-order valence-electron chi connectivity index (χ3n) is 10.5. The van der Waals surface area contributed by atoms with Crippen LogP contribution in [-0.4, -0.2) is 13.3 Å². The Bertz CT molecular complexity index is 2340. The van der Waals surface area contributed by atoms with Gasteiger partial charge in [-0.15, -0.1) is 0 Å². The zero-order chi connectivity index (χ0) is 49.4. The van der Waals surface area contributed by atoms with E-state index in [9.17, 15) is 28.0 Å². The number of hydrogen-bond donors (Lipinski definition) is 0. The fourth-order valence-corrected chi connectivity index (χ4v) is 18.5. The van der Waals surface area contributed by atoms with Crippen molar-refractivity contribution in [1.82, 2.24) is 0 Å². The van der Waals surface area contributed by atoms with Gasteiger partial charge in [0.25, 0.3) is 0 Å². The Labute approximate surface area is 452 Å². The summed E-state index contributed by atoms with van der Waals surface area (Å²) in [6.07, 6.45) is 0. The molecule has 0 aliphatic carbocycles. The van der Waals surface area contributed by atoms with E-state index in [1.165, 1.54) is 21.2 Å². The van der Waals surface area contributed by atoms with Crippen molar-refractivity contribution in [3.05, 3.63) is 269 Å². The summed E-state index contributed by atoms with van der Waals surface area (Å²) in [6, 6.07) is 76.9. The Kier molecular flexibility index (Phi) is 24.2. The molecular formula is C54H54Au2Cl2O8P4-4. The topological polar surface area (TPSA) is 157 Å². The van der Waals surface area contributed by atoms with Gasteiger partial charge in [0, 0.05) is 44.8 Å². The molecular weight excluding hydrogens is 1370 g/mol. The van der Waals surface area contributed by atoms with E-state index >= 15 is 0 Å². The van der Waals surface area contributed by atoms with Crippen molar-refractivity contribution in [2.45, 2.75) is 0 Å². The maximum absolute atomic E-state index is 11.1. The molecule has 0 fully saturated rings. The van der Waals surface area contributed by atoms with Crippen molar-refractivity contribution in [2.75, 3.05) is 13.3 Å². The van der Waals surface area contributed by atoms with Crippen LogP contribution in [-0.2, 0) is 52.9 Å². The third-order valence-corrected chi connectivity index (χ3v) is 24.8. The van der Waals surface area contributed by atoms with Gasteiger partial charge in [0.2, 0.25) is 0 Å². The molecule has 0 amide bonds. The predicted octanol–water partition coefficient (Wildman–Crippen LogP) is 4.70. The third kappa shape index (κ3) is 17.7. The van der Waals surface area contributed by atoms with Gasteiger partial charge in [-0.05, 0) is 50.4 Å². The van der Waals surface area contributed by atoms with Crippen molar-refractivity contribution in [1.29, 1.82) is 0 Å². The molecule has 0 saturated heterocycles. The van der Waals surface area contributed by atoms with E-state index < -0.39 is 34.1 Å². The monoisotopic (exact) mass is 1420 g/mol. The molecule has 8 aromatic rings. The molecule has 0 saturated carbocycles. The fraction of sp³-hybridized carbons (Fsp3) is 0.0370. The quantitative estimate of drug-likeness (QED) is 0.0970. The summed E-state index contributed by atoms with van der Waals surface area (Å²) in [5.74, 6) is 0. The van der Waals surface area contributed by atoms with Gasteiger partial charge in [0.15, 0.2) is 0 Å². The van der Waals surface area contributed by atoms with Crippen molar-refractivity contribution in [3.8, 4) is 0 Å². The van der Waals surface area contributed by atoms with Gasteiger partial charge in [0.1, 0.15) is 0 Å². The normalized spacial score (nSPS) is 12.5. The molecule has 16 heteroatoms. The molecule has 0 N–H and O–H groups in total. The van der Waals surface area contributed by atoms with Crippen LogP contribution in [0.4, 0.5) is 0 Å². The standard InChI is InChI=1S/2C14H14ClO4P.2C13H13P.2Au/c2*1-20(2,19-15(16,17)18,13-9-5-3-6-10-13)14-11-7-4-8-12-14;2*1-14(12-8-4-2-5-9-12)13-10-6-3-7-11-13;;/h2*3-12H,1-2H2;2*2-11H,1H3;;/q2*-2;;;;. The van der Waals surface area contributed by atoms with E-state index in [2.05, 4.69) is 161 Å². The molecule has 0 aliphatic rings. The van der Waals surface area contributed by atoms with Crippen LogP contribution < -0.4 is 70.4 Å². The molecule has 0 spiro atoms. The summed E-state index contributed by atoms with van der Waals surface area (Å²) in [7, 11) is -9.65. The molecule has 70 heavy (non-hydrogen) atoms. The fourth-order valence-electron chi connectivity index (χ4n) is 6.87.